The molecule has 19 heavy (non-hydrogen) atoms. The van der Waals surface area contributed by atoms with Crippen LogP contribution in [0.25, 0.3) is 11.1 Å². The van der Waals surface area contributed by atoms with Crippen molar-refractivity contribution in [2.45, 2.75) is 25.3 Å². The molecule has 0 spiro atoms. The Morgan fingerprint density at radius 1 is 1.42 bits per heavy atom. The Morgan fingerprint density at radius 2 is 2.21 bits per heavy atom. The quantitative estimate of drug-likeness (QED) is 0.916. The molecule has 4 heteroatoms. The van der Waals surface area contributed by atoms with Gasteiger partial charge >= 0.3 is 0 Å². The summed E-state index contributed by atoms with van der Waals surface area (Å²) in [7, 11) is 4.26. The molecular weight excluding hydrogens is 238 g/mol. The molecule has 1 aromatic carbocycles. The summed E-state index contributed by atoms with van der Waals surface area (Å²) in [5.41, 5.74) is 9.34. The Hall–Kier alpha value is -1.39. The summed E-state index contributed by atoms with van der Waals surface area (Å²) in [4.78, 5) is 6.46. The Morgan fingerprint density at radius 3 is 2.79 bits per heavy atom. The number of hydrogen-bond acceptors (Lipinski definition) is 4. The van der Waals surface area contributed by atoms with E-state index in [0.29, 0.717) is 6.04 Å². The zero-order valence-corrected chi connectivity index (χ0v) is 11.6. The molecule has 0 amide bonds. The van der Waals surface area contributed by atoms with Crippen LogP contribution < -0.4 is 5.73 Å². The van der Waals surface area contributed by atoms with Gasteiger partial charge in [-0.2, -0.15) is 0 Å². The average Bonchev–Trinajstić information content (AvgIpc) is 2.80. The highest BCUT2D eigenvalue weighted by molar-refractivity contribution is 5.73. The van der Waals surface area contributed by atoms with Gasteiger partial charge in [-0.1, -0.05) is 12.5 Å². The van der Waals surface area contributed by atoms with Gasteiger partial charge in [-0.05, 0) is 51.2 Å². The van der Waals surface area contributed by atoms with Crippen molar-refractivity contribution in [1.82, 2.24) is 9.88 Å². The number of aromatic nitrogens is 1. The van der Waals surface area contributed by atoms with E-state index >= 15 is 0 Å². The summed E-state index contributed by atoms with van der Waals surface area (Å²) in [5.74, 6) is 0. The predicted molar refractivity (Wildman–Crippen MR) is 75.8 cm³/mol. The standard InChI is InChI=1S/C15H21N3O/c1-18(2)14(15(9-16)6-3-7-15)11-4-5-12-13(8-11)19-10-17-12/h4-5,8,10,14H,3,6-7,9,16H2,1-2H3. The second-order valence-corrected chi connectivity index (χ2v) is 5.87. The van der Waals surface area contributed by atoms with E-state index in [1.54, 1.807) is 0 Å². The Balaban J connectivity index is 2.03. The molecule has 1 unspecified atom stereocenters. The van der Waals surface area contributed by atoms with Gasteiger partial charge in [0.05, 0.1) is 0 Å². The zero-order valence-electron chi connectivity index (χ0n) is 11.6. The van der Waals surface area contributed by atoms with Gasteiger partial charge in [0.2, 0.25) is 0 Å². The molecule has 0 radical (unpaired) electrons. The number of rotatable bonds is 4. The third-order valence-electron chi connectivity index (χ3n) is 4.52. The number of oxazole rings is 1. The SMILES string of the molecule is CN(C)C(c1ccc2ncoc2c1)C1(CN)CCC1. The number of nitrogens with zero attached hydrogens (tertiary/aromatic N) is 2. The zero-order chi connectivity index (χ0) is 13.5. The van der Waals surface area contributed by atoms with Crippen molar-refractivity contribution in [3.05, 3.63) is 30.2 Å². The van der Waals surface area contributed by atoms with Gasteiger partial charge < -0.3 is 15.1 Å². The fourth-order valence-corrected chi connectivity index (χ4v) is 3.46. The predicted octanol–water partition coefficient (Wildman–Crippen LogP) is 2.56. The minimum atomic E-state index is 0.219. The van der Waals surface area contributed by atoms with Crippen LogP contribution in [0.15, 0.2) is 29.0 Å². The van der Waals surface area contributed by atoms with Crippen LogP contribution >= 0.6 is 0 Å². The fraction of sp³-hybridized carbons (Fsp3) is 0.533. The molecule has 102 valence electrons. The summed E-state index contributed by atoms with van der Waals surface area (Å²) in [6, 6.07) is 6.65. The van der Waals surface area contributed by atoms with E-state index in [4.69, 9.17) is 10.2 Å². The van der Waals surface area contributed by atoms with Gasteiger partial charge in [-0.25, -0.2) is 4.98 Å². The van der Waals surface area contributed by atoms with Gasteiger partial charge in [0, 0.05) is 11.5 Å². The van der Waals surface area contributed by atoms with E-state index in [1.165, 1.54) is 31.2 Å². The first-order chi connectivity index (χ1) is 9.16. The molecule has 1 fully saturated rings. The topological polar surface area (TPSA) is 55.3 Å². The summed E-state index contributed by atoms with van der Waals surface area (Å²) in [5, 5.41) is 0. The fourth-order valence-electron chi connectivity index (χ4n) is 3.46. The van der Waals surface area contributed by atoms with E-state index < -0.39 is 0 Å². The minimum Gasteiger partial charge on any atom is -0.443 e. The molecule has 1 heterocycles. The highest BCUT2D eigenvalue weighted by atomic mass is 16.3. The van der Waals surface area contributed by atoms with E-state index in [1.807, 2.05) is 6.07 Å². The smallest absolute Gasteiger partial charge is 0.181 e. The number of hydrogen-bond donors (Lipinski definition) is 1. The summed E-state index contributed by atoms with van der Waals surface area (Å²) in [6.07, 6.45) is 5.20. The van der Waals surface area contributed by atoms with E-state index in [0.717, 1.165) is 17.6 Å². The normalized spacial score (nSPS) is 19.6. The van der Waals surface area contributed by atoms with Crippen molar-refractivity contribution >= 4 is 11.1 Å². The molecule has 1 aliphatic carbocycles. The molecule has 1 aliphatic rings. The second-order valence-electron chi connectivity index (χ2n) is 5.87. The third-order valence-corrected chi connectivity index (χ3v) is 4.52. The second kappa shape index (κ2) is 4.62. The number of fused-ring (bicyclic) bond motifs is 1. The van der Waals surface area contributed by atoms with Crippen LogP contribution in [0.3, 0.4) is 0 Å². The summed E-state index contributed by atoms with van der Waals surface area (Å²) >= 11 is 0. The molecule has 1 atom stereocenters. The average molecular weight is 259 g/mol. The van der Waals surface area contributed by atoms with E-state index in [2.05, 4.69) is 36.1 Å². The van der Waals surface area contributed by atoms with Crippen LogP contribution in [-0.2, 0) is 0 Å². The van der Waals surface area contributed by atoms with Crippen molar-refractivity contribution in [3.63, 3.8) is 0 Å². The monoisotopic (exact) mass is 259 g/mol. The van der Waals surface area contributed by atoms with Crippen molar-refractivity contribution in [2.75, 3.05) is 20.6 Å². The first kappa shape index (κ1) is 12.6. The summed E-state index contributed by atoms with van der Waals surface area (Å²) < 4.78 is 5.43. The van der Waals surface area contributed by atoms with Gasteiger partial charge in [-0.3, -0.25) is 0 Å². The van der Waals surface area contributed by atoms with Gasteiger partial charge in [0.15, 0.2) is 12.0 Å². The summed E-state index contributed by atoms with van der Waals surface area (Å²) in [6.45, 7) is 0.740. The van der Waals surface area contributed by atoms with Crippen molar-refractivity contribution in [3.8, 4) is 0 Å². The molecule has 1 saturated carbocycles. The minimum absolute atomic E-state index is 0.219. The maximum atomic E-state index is 6.08. The van der Waals surface area contributed by atoms with Crippen LogP contribution in [0.1, 0.15) is 30.9 Å². The maximum Gasteiger partial charge on any atom is 0.181 e. The van der Waals surface area contributed by atoms with E-state index in [9.17, 15) is 0 Å². The molecule has 0 bridgehead atoms. The number of nitrogens with two attached hydrogens (primary N) is 1. The molecule has 1 aromatic heterocycles. The first-order valence-corrected chi connectivity index (χ1v) is 6.86. The lowest BCUT2D eigenvalue weighted by Gasteiger charge is -2.50. The molecule has 4 nitrogen and oxygen atoms in total. The first-order valence-electron chi connectivity index (χ1n) is 6.86. The van der Waals surface area contributed by atoms with Crippen molar-refractivity contribution < 1.29 is 4.42 Å². The molecule has 0 saturated heterocycles. The highest BCUT2D eigenvalue weighted by Gasteiger charge is 2.44. The van der Waals surface area contributed by atoms with Gasteiger partial charge in [-0.15, -0.1) is 0 Å². The lowest BCUT2D eigenvalue weighted by molar-refractivity contribution is 0.0282. The third kappa shape index (κ3) is 1.95. The van der Waals surface area contributed by atoms with Crippen molar-refractivity contribution in [1.29, 1.82) is 0 Å². The van der Waals surface area contributed by atoms with Crippen LogP contribution in [0.5, 0.6) is 0 Å². The van der Waals surface area contributed by atoms with Gasteiger partial charge in [0.1, 0.15) is 5.52 Å². The van der Waals surface area contributed by atoms with Crippen molar-refractivity contribution in [2.24, 2.45) is 11.1 Å². The van der Waals surface area contributed by atoms with Crippen LogP contribution in [0.4, 0.5) is 0 Å². The largest absolute Gasteiger partial charge is 0.443 e. The Bertz CT molecular complexity index is 566. The van der Waals surface area contributed by atoms with Crippen LogP contribution in [-0.4, -0.2) is 30.5 Å². The highest BCUT2D eigenvalue weighted by Crippen LogP contribution is 2.51. The molecule has 2 N–H and O–H groups in total. The molecule has 0 aliphatic heterocycles. The molecular formula is C15H21N3O. The Labute approximate surface area is 113 Å². The van der Waals surface area contributed by atoms with Crippen LogP contribution in [0, 0.1) is 5.41 Å². The van der Waals surface area contributed by atoms with E-state index in [-0.39, 0.29) is 5.41 Å². The lowest BCUT2D eigenvalue weighted by atomic mass is 9.62. The Kier molecular flexibility index (Phi) is 3.07. The molecule has 3 rings (SSSR count). The number of benzene rings is 1. The maximum absolute atomic E-state index is 6.08. The lowest BCUT2D eigenvalue weighted by Crippen LogP contribution is -2.47. The van der Waals surface area contributed by atoms with Crippen LogP contribution in [0.2, 0.25) is 0 Å². The van der Waals surface area contributed by atoms with Gasteiger partial charge in [0.25, 0.3) is 0 Å². The molecule has 2 aromatic rings.